The first-order valence-electron chi connectivity index (χ1n) is 29.6. The third-order valence-corrected chi connectivity index (χ3v) is 13.7. The minimum Gasteiger partial charge on any atom is -0.466 e. The molecule has 0 bridgehead atoms. The van der Waals surface area contributed by atoms with E-state index in [9.17, 15) is 19.8 Å². The Bertz CT molecular complexity index is 1030. The van der Waals surface area contributed by atoms with Crippen LogP contribution in [0.5, 0.6) is 0 Å². The second kappa shape index (κ2) is 55.9. The number of carbonyl (C=O) groups excluding carboxylic acids is 2. The normalized spacial score (nSPS) is 12.7. The van der Waals surface area contributed by atoms with Crippen molar-refractivity contribution in [3.05, 3.63) is 24.3 Å². The third kappa shape index (κ3) is 51.7. The number of hydrogen-bond acceptors (Lipinski definition) is 5. The molecular weight excluding hydrogens is 815 g/mol. The molecule has 66 heavy (non-hydrogen) atoms. The summed E-state index contributed by atoms with van der Waals surface area (Å²) in [6, 6.07) is -0.627. The molecule has 2 atom stereocenters. The van der Waals surface area contributed by atoms with Gasteiger partial charge in [-0.25, -0.2) is 0 Å². The van der Waals surface area contributed by atoms with Gasteiger partial charge in [-0.3, -0.25) is 9.59 Å². The number of carbonyl (C=O) groups is 2. The second-order valence-corrected chi connectivity index (χ2v) is 20.3. The molecule has 0 aliphatic carbocycles. The lowest BCUT2D eigenvalue weighted by Gasteiger charge is -2.20. The topological polar surface area (TPSA) is 95.9 Å². The number of aliphatic hydroxyl groups excluding tert-OH is 2. The Morgan fingerprint density at radius 3 is 1.08 bits per heavy atom. The van der Waals surface area contributed by atoms with Crippen LogP contribution >= 0.6 is 0 Å². The van der Waals surface area contributed by atoms with Gasteiger partial charge in [0.15, 0.2) is 0 Å². The van der Waals surface area contributed by atoms with Crippen LogP contribution in [0, 0.1) is 0 Å². The second-order valence-electron chi connectivity index (χ2n) is 20.3. The van der Waals surface area contributed by atoms with Gasteiger partial charge in [0.05, 0.1) is 25.4 Å². The van der Waals surface area contributed by atoms with Crippen molar-refractivity contribution in [3.63, 3.8) is 0 Å². The van der Waals surface area contributed by atoms with Gasteiger partial charge in [0, 0.05) is 12.8 Å². The van der Waals surface area contributed by atoms with Gasteiger partial charge in [-0.1, -0.05) is 276 Å². The van der Waals surface area contributed by atoms with Crippen molar-refractivity contribution in [2.45, 2.75) is 334 Å². The Labute approximate surface area is 411 Å². The average molecular weight is 931 g/mol. The Balaban J connectivity index is 3.39. The Kier molecular flexibility index (Phi) is 54.5. The van der Waals surface area contributed by atoms with Gasteiger partial charge in [0.2, 0.25) is 5.91 Å². The van der Waals surface area contributed by atoms with Gasteiger partial charge < -0.3 is 20.3 Å². The number of amides is 1. The quantitative estimate of drug-likeness (QED) is 0.0321. The number of nitrogens with one attached hydrogen (secondary N) is 1. The molecule has 3 N–H and O–H groups in total. The summed E-state index contributed by atoms with van der Waals surface area (Å²) in [5, 5.41) is 23.0. The summed E-state index contributed by atoms with van der Waals surface area (Å²) in [5.41, 5.74) is 0. The fourth-order valence-corrected chi connectivity index (χ4v) is 9.16. The van der Waals surface area contributed by atoms with Crippen LogP contribution in [0.25, 0.3) is 0 Å². The van der Waals surface area contributed by atoms with E-state index in [1.165, 1.54) is 257 Å². The first kappa shape index (κ1) is 64.3. The van der Waals surface area contributed by atoms with Gasteiger partial charge in [-0.05, 0) is 57.8 Å². The number of hydrogen-bond donors (Lipinski definition) is 3. The molecule has 0 saturated heterocycles. The van der Waals surface area contributed by atoms with E-state index in [2.05, 4.69) is 31.3 Å². The molecule has 6 nitrogen and oxygen atoms in total. The summed E-state index contributed by atoms with van der Waals surface area (Å²) in [7, 11) is 0. The summed E-state index contributed by atoms with van der Waals surface area (Å²) >= 11 is 0. The third-order valence-electron chi connectivity index (χ3n) is 13.7. The first-order chi connectivity index (χ1) is 32.5. The predicted octanol–water partition coefficient (Wildman–Crippen LogP) is 18.2. The molecule has 2 unspecified atom stereocenters. The largest absolute Gasteiger partial charge is 0.466 e. The summed E-state index contributed by atoms with van der Waals surface area (Å²) < 4.78 is 5.47. The minimum absolute atomic E-state index is 0.0145. The minimum atomic E-state index is -0.843. The van der Waals surface area contributed by atoms with Crippen molar-refractivity contribution in [2.75, 3.05) is 13.2 Å². The summed E-state index contributed by atoms with van der Waals surface area (Å²) in [4.78, 5) is 24.4. The van der Waals surface area contributed by atoms with Crippen molar-refractivity contribution in [1.82, 2.24) is 5.32 Å². The molecule has 0 spiro atoms. The van der Waals surface area contributed by atoms with Gasteiger partial charge in [0.25, 0.3) is 0 Å². The zero-order valence-corrected chi connectivity index (χ0v) is 44.4. The van der Waals surface area contributed by atoms with Gasteiger partial charge in [-0.2, -0.15) is 0 Å². The molecule has 0 aromatic heterocycles. The molecule has 0 fully saturated rings. The van der Waals surface area contributed by atoms with Crippen LogP contribution in [0.3, 0.4) is 0 Å². The molecule has 0 aliphatic heterocycles. The van der Waals surface area contributed by atoms with Gasteiger partial charge in [-0.15, -0.1) is 0 Å². The molecule has 0 radical (unpaired) electrons. The lowest BCUT2D eigenvalue weighted by molar-refractivity contribution is -0.143. The number of rotatable bonds is 55. The Hall–Kier alpha value is -1.66. The lowest BCUT2D eigenvalue weighted by atomic mass is 10.0. The van der Waals surface area contributed by atoms with Crippen LogP contribution in [0.2, 0.25) is 0 Å². The van der Waals surface area contributed by atoms with Crippen LogP contribution in [-0.4, -0.2) is 47.4 Å². The molecule has 0 rings (SSSR count). The fourth-order valence-electron chi connectivity index (χ4n) is 9.16. The highest BCUT2D eigenvalue weighted by molar-refractivity contribution is 5.76. The van der Waals surface area contributed by atoms with E-state index >= 15 is 0 Å². The van der Waals surface area contributed by atoms with Crippen molar-refractivity contribution in [1.29, 1.82) is 0 Å². The van der Waals surface area contributed by atoms with Crippen molar-refractivity contribution >= 4 is 11.9 Å². The number of esters is 1. The van der Waals surface area contributed by atoms with Crippen LogP contribution in [0.15, 0.2) is 24.3 Å². The number of unbranched alkanes of at least 4 members (excludes halogenated alkanes) is 42. The molecule has 0 aromatic rings. The summed E-state index contributed by atoms with van der Waals surface area (Å²) in [6.45, 7) is 4.90. The summed E-state index contributed by atoms with van der Waals surface area (Å²) in [5.74, 6) is -0.0559. The van der Waals surface area contributed by atoms with E-state index in [4.69, 9.17) is 4.74 Å². The zero-order valence-electron chi connectivity index (χ0n) is 44.4. The number of aliphatic hydroxyl groups is 2. The van der Waals surface area contributed by atoms with E-state index in [1.54, 1.807) is 6.08 Å². The predicted molar refractivity (Wildman–Crippen MR) is 287 cm³/mol. The van der Waals surface area contributed by atoms with E-state index in [0.717, 1.165) is 38.5 Å². The SMILES string of the molecule is CCCCCCCCCCC/C=C/C(O)C(CO)NC(=O)CCCCCCCCCCCC/C=C\CCCCCCCCCCCCCCOC(=O)CCCCCCCCCCCCCC. The van der Waals surface area contributed by atoms with Crippen molar-refractivity contribution < 1.29 is 24.5 Å². The van der Waals surface area contributed by atoms with Crippen molar-refractivity contribution in [2.24, 2.45) is 0 Å². The molecule has 0 saturated carbocycles. The van der Waals surface area contributed by atoms with Crippen LogP contribution < -0.4 is 5.32 Å². The van der Waals surface area contributed by atoms with Gasteiger partial charge in [0.1, 0.15) is 0 Å². The van der Waals surface area contributed by atoms with Gasteiger partial charge >= 0.3 is 5.97 Å². The Morgan fingerprint density at radius 2 is 0.712 bits per heavy atom. The molecular formula is C60H115NO5. The maximum Gasteiger partial charge on any atom is 0.305 e. The monoisotopic (exact) mass is 930 g/mol. The van der Waals surface area contributed by atoms with Crippen LogP contribution in [0.1, 0.15) is 322 Å². The molecule has 0 aromatic carbocycles. The van der Waals surface area contributed by atoms with E-state index < -0.39 is 12.1 Å². The average Bonchev–Trinajstić information content (AvgIpc) is 3.32. The smallest absolute Gasteiger partial charge is 0.305 e. The van der Waals surface area contributed by atoms with Crippen LogP contribution in [0.4, 0.5) is 0 Å². The Morgan fingerprint density at radius 1 is 0.409 bits per heavy atom. The van der Waals surface area contributed by atoms with E-state index in [-0.39, 0.29) is 18.5 Å². The molecule has 390 valence electrons. The molecule has 6 heteroatoms. The summed E-state index contributed by atoms with van der Waals surface area (Å²) in [6.07, 6.45) is 67.9. The standard InChI is InChI=1S/C60H115NO5/c1-3-5-7-9-11-13-15-34-38-42-46-50-54-60(65)66-55-51-47-43-39-35-31-29-27-25-23-21-19-17-16-18-20-22-24-26-28-30-33-37-41-45-49-53-59(64)61-57(56-62)58(63)52-48-44-40-36-32-14-12-10-8-6-4-2/h16,18,48,52,57-58,62-63H,3-15,17,19-47,49-51,53-56H2,1-2H3,(H,61,64)/b18-16-,52-48+. The molecule has 0 aliphatic rings. The molecule has 0 heterocycles. The lowest BCUT2D eigenvalue weighted by Crippen LogP contribution is -2.45. The highest BCUT2D eigenvalue weighted by Gasteiger charge is 2.18. The maximum atomic E-state index is 12.4. The van der Waals surface area contributed by atoms with E-state index in [0.29, 0.717) is 19.4 Å². The van der Waals surface area contributed by atoms with Crippen LogP contribution in [-0.2, 0) is 14.3 Å². The van der Waals surface area contributed by atoms with E-state index in [1.807, 2.05) is 6.08 Å². The highest BCUT2D eigenvalue weighted by Crippen LogP contribution is 2.17. The molecule has 1 amide bonds. The first-order valence-corrected chi connectivity index (χ1v) is 29.6. The van der Waals surface area contributed by atoms with Crippen molar-refractivity contribution in [3.8, 4) is 0 Å². The highest BCUT2D eigenvalue weighted by atomic mass is 16.5. The number of ether oxygens (including phenoxy) is 1. The number of allylic oxidation sites excluding steroid dienone is 3. The fraction of sp³-hybridized carbons (Fsp3) is 0.900. The zero-order chi connectivity index (χ0) is 47.9. The maximum absolute atomic E-state index is 12.4.